The number of fused-ring (bicyclic) bond motifs is 1. The first-order chi connectivity index (χ1) is 9.15. The molecule has 0 aromatic heterocycles. The molecule has 19 heavy (non-hydrogen) atoms. The minimum atomic E-state index is 0.0873. The molecule has 1 heterocycles. The lowest BCUT2D eigenvalue weighted by atomic mass is 9.89. The van der Waals surface area contributed by atoms with Crippen LogP contribution in [0.2, 0.25) is 5.02 Å². The van der Waals surface area contributed by atoms with Gasteiger partial charge in [0.05, 0.1) is 0 Å². The van der Waals surface area contributed by atoms with E-state index in [9.17, 15) is 5.11 Å². The summed E-state index contributed by atoms with van der Waals surface area (Å²) in [4.78, 5) is 0. The van der Waals surface area contributed by atoms with Crippen molar-refractivity contribution in [3.05, 3.63) is 22.7 Å². The molecule has 0 saturated heterocycles. The number of hydrogen-bond donors (Lipinski definition) is 2. The fourth-order valence-electron chi connectivity index (χ4n) is 2.26. The summed E-state index contributed by atoms with van der Waals surface area (Å²) in [6.45, 7) is 3.76. The van der Waals surface area contributed by atoms with Crippen molar-refractivity contribution in [2.45, 2.75) is 13.3 Å². The Hall–Kier alpha value is -0.970. The van der Waals surface area contributed by atoms with Crippen LogP contribution in [0, 0.1) is 11.8 Å². The molecule has 4 nitrogen and oxygen atoms in total. The van der Waals surface area contributed by atoms with Gasteiger partial charge >= 0.3 is 0 Å². The van der Waals surface area contributed by atoms with Crippen molar-refractivity contribution < 1.29 is 14.6 Å². The fourth-order valence-corrected chi connectivity index (χ4v) is 2.49. The minimum absolute atomic E-state index is 0.0873. The molecule has 0 bridgehead atoms. The van der Waals surface area contributed by atoms with Crippen LogP contribution >= 0.6 is 11.6 Å². The lowest BCUT2D eigenvalue weighted by molar-refractivity contribution is 0.171. The quantitative estimate of drug-likeness (QED) is 0.867. The smallest absolute Gasteiger partial charge is 0.162 e. The lowest BCUT2D eigenvalue weighted by Crippen LogP contribution is -2.26. The van der Waals surface area contributed by atoms with E-state index in [4.69, 9.17) is 26.8 Å². The van der Waals surface area contributed by atoms with Gasteiger partial charge in [-0.05, 0) is 36.4 Å². The summed E-state index contributed by atoms with van der Waals surface area (Å²) in [5, 5.41) is 9.95. The summed E-state index contributed by atoms with van der Waals surface area (Å²) in [5.41, 5.74) is 6.65. The topological polar surface area (TPSA) is 64.7 Å². The van der Waals surface area contributed by atoms with Crippen molar-refractivity contribution >= 4 is 11.6 Å². The highest BCUT2D eigenvalue weighted by Crippen LogP contribution is 2.36. The van der Waals surface area contributed by atoms with E-state index in [1.54, 1.807) is 6.07 Å². The molecule has 1 aromatic rings. The average Bonchev–Trinajstić information content (AvgIpc) is 2.41. The maximum absolute atomic E-state index is 9.28. The van der Waals surface area contributed by atoms with Crippen LogP contribution in [0.4, 0.5) is 0 Å². The third-order valence-electron chi connectivity index (χ3n) is 3.60. The number of hydrogen-bond acceptors (Lipinski definition) is 4. The van der Waals surface area contributed by atoms with Gasteiger partial charge in [0.25, 0.3) is 0 Å². The summed E-state index contributed by atoms with van der Waals surface area (Å²) in [7, 11) is 0. The van der Waals surface area contributed by atoms with E-state index in [0.717, 1.165) is 17.7 Å². The van der Waals surface area contributed by atoms with E-state index in [1.807, 2.05) is 6.07 Å². The Morgan fingerprint density at radius 2 is 1.95 bits per heavy atom. The van der Waals surface area contributed by atoms with Crippen molar-refractivity contribution in [1.82, 2.24) is 0 Å². The Kier molecular flexibility index (Phi) is 4.91. The number of rotatable bonds is 5. The van der Waals surface area contributed by atoms with Crippen molar-refractivity contribution in [3.63, 3.8) is 0 Å². The number of aliphatic hydroxyl groups is 1. The van der Waals surface area contributed by atoms with Crippen molar-refractivity contribution in [1.29, 1.82) is 0 Å². The van der Waals surface area contributed by atoms with E-state index in [2.05, 4.69) is 6.92 Å². The zero-order chi connectivity index (χ0) is 13.8. The largest absolute Gasteiger partial charge is 0.486 e. The van der Waals surface area contributed by atoms with Gasteiger partial charge in [-0.25, -0.2) is 0 Å². The predicted octanol–water partition coefficient (Wildman–Crippen LogP) is 1.86. The zero-order valence-corrected chi connectivity index (χ0v) is 11.8. The second-order valence-electron chi connectivity index (χ2n) is 4.95. The Morgan fingerprint density at radius 1 is 1.32 bits per heavy atom. The van der Waals surface area contributed by atoms with Gasteiger partial charge in [0, 0.05) is 17.7 Å². The van der Waals surface area contributed by atoms with Crippen molar-refractivity contribution in [2.24, 2.45) is 17.6 Å². The first-order valence-electron chi connectivity index (χ1n) is 6.54. The number of ether oxygens (including phenoxy) is 2. The second-order valence-corrected chi connectivity index (χ2v) is 5.35. The molecule has 2 unspecified atom stereocenters. The molecular weight excluding hydrogens is 266 g/mol. The molecule has 0 saturated carbocycles. The van der Waals surface area contributed by atoms with Crippen LogP contribution < -0.4 is 15.2 Å². The van der Waals surface area contributed by atoms with Gasteiger partial charge < -0.3 is 20.3 Å². The normalized spacial score (nSPS) is 17.1. The number of benzene rings is 1. The molecule has 106 valence electrons. The van der Waals surface area contributed by atoms with Crippen LogP contribution in [-0.2, 0) is 6.42 Å². The van der Waals surface area contributed by atoms with Gasteiger partial charge in [0.1, 0.15) is 13.2 Å². The van der Waals surface area contributed by atoms with Crippen LogP contribution in [0.1, 0.15) is 12.5 Å². The molecule has 0 aliphatic carbocycles. The lowest BCUT2D eigenvalue weighted by Gasteiger charge is -2.23. The first kappa shape index (κ1) is 14.4. The highest BCUT2D eigenvalue weighted by Gasteiger charge is 2.20. The summed E-state index contributed by atoms with van der Waals surface area (Å²) in [6, 6.07) is 3.73. The van der Waals surface area contributed by atoms with E-state index in [-0.39, 0.29) is 18.4 Å². The van der Waals surface area contributed by atoms with Crippen molar-refractivity contribution in [3.8, 4) is 11.5 Å². The molecule has 1 aromatic carbocycles. The molecule has 1 aliphatic rings. The fraction of sp³-hybridized carbons (Fsp3) is 0.571. The SMILES string of the molecule is CC(Cc1cc2c(cc1Cl)OCCO2)C(CN)CO. The Morgan fingerprint density at radius 3 is 2.53 bits per heavy atom. The molecular formula is C14H20ClNO3. The molecule has 1 aliphatic heterocycles. The minimum Gasteiger partial charge on any atom is -0.486 e. The Balaban J connectivity index is 2.16. The molecule has 3 N–H and O–H groups in total. The highest BCUT2D eigenvalue weighted by molar-refractivity contribution is 6.31. The van der Waals surface area contributed by atoms with Gasteiger partial charge in [-0.1, -0.05) is 18.5 Å². The second kappa shape index (κ2) is 6.46. The zero-order valence-electron chi connectivity index (χ0n) is 11.1. The molecule has 5 heteroatoms. The number of nitrogens with two attached hydrogens (primary N) is 1. The molecule has 2 rings (SSSR count). The number of aliphatic hydroxyl groups excluding tert-OH is 1. The monoisotopic (exact) mass is 285 g/mol. The first-order valence-corrected chi connectivity index (χ1v) is 6.92. The maximum atomic E-state index is 9.28. The van der Waals surface area contributed by atoms with Gasteiger partial charge in [0.2, 0.25) is 0 Å². The molecule has 0 spiro atoms. The van der Waals surface area contributed by atoms with Gasteiger partial charge in [-0.2, -0.15) is 0 Å². The van der Waals surface area contributed by atoms with Gasteiger partial charge in [0.15, 0.2) is 11.5 Å². The van der Waals surface area contributed by atoms with E-state index in [0.29, 0.717) is 30.5 Å². The molecule has 2 atom stereocenters. The van der Waals surface area contributed by atoms with E-state index in [1.165, 1.54) is 0 Å². The molecule has 0 radical (unpaired) electrons. The highest BCUT2D eigenvalue weighted by atomic mass is 35.5. The van der Waals surface area contributed by atoms with Crippen LogP contribution in [0.25, 0.3) is 0 Å². The summed E-state index contributed by atoms with van der Waals surface area (Å²) >= 11 is 6.27. The molecule has 0 fully saturated rings. The standard InChI is InChI=1S/C14H20ClNO3/c1-9(11(7-16)8-17)4-10-5-13-14(6-12(10)15)19-3-2-18-13/h5-6,9,11,17H,2-4,7-8,16H2,1H3. The maximum Gasteiger partial charge on any atom is 0.162 e. The van der Waals surface area contributed by atoms with Crippen LogP contribution in [0.5, 0.6) is 11.5 Å². The summed E-state index contributed by atoms with van der Waals surface area (Å²) < 4.78 is 11.0. The van der Waals surface area contributed by atoms with E-state index >= 15 is 0 Å². The van der Waals surface area contributed by atoms with E-state index < -0.39 is 0 Å². The molecule has 0 amide bonds. The third-order valence-corrected chi connectivity index (χ3v) is 3.95. The average molecular weight is 286 g/mol. The summed E-state index contributed by atoms with van der Waals surface area (Å²) in [6.07, 6.45) is 0.762. The van der Waals surface area contributed by atoms with Gasteiger partial charge in [-0.3, -0.25) is 0 Å². The number of halogens is 1. The Labute approximate surface area is 118 Å². The summed E-state index contributed by atoms with van der Waals surface area (Å²) in [5.74, 6) is 1.79. The van der Waals surface area contributed by atoms with Gasteiger partial charge in [-0.15, -0.1) is 0 Å². The third kappa shape index (κ3) is 3.32. The van der Waals surface area contributed by atoms with Crippen LogP contribution in [0.3, 0.4) is 0 Å². The Bertz CT molecular complexity index is 435. The predicted molar refractivity (Wildman–Crippen MR) is 74.9 cm³/mol. The van der Waals surface area contributed by atoms with Crippen molar-refractivity contribution in [2.75, 3.05) is 26.4 Å². The van der Waals surface area contributed by atoms with Crippen LogP contribution in [0.15, 0.2) is 12.1 Å². The van der Waals surface area contributed by atoms with Crippen LogP contribution in [-0.4, -0.2) is 31.5 Å².